The molecule has 1 saturated carbocycles. The van der Waals surface area contributed by atoms with Gasteiger partial charge in [-0.2, -0.15) is 0 Å². The van der Waals surface area contributed by atoms with Gasteiger partial charge < -0.3 is 10.0 Å². The normalized spacial score (nSPS) is 16.1. The summed E-state index contributed by atoms with van der Waals surface area (Å²) < 4.78 is 0. The van der Waals surface area contributed by atoms with Gasteiger partial charge in [0.15, 0.2) is 0 Å². The molecular weight excluding hydrogens is 276 g/mol. The lowest BCUT2D eigenvalue weighted by atomic mass is 10.1. The van der Waals surface area contributed by atoms with Gasteiger partial charge in [0.05, 0.1) is 11.6 Å². The highest BCUT2D eigenvalue weighted by Gasteiger charge is 2.30. The van der Waals surface area contributed by atoms with Crippen LogP contribution in [0, 0.1) is 5.92 Å². The molecule has 1 atom stereocenters. The number of hydrogen-bond acceptors (Lipinski definition) is 3. The molecule has 1 aromatic carbocycles. The molecule has 1 aliphatic rings. The van der Waals surface area contributed by atoms with Crippen LogP contribution in [0.15, 0.2) is 42.6 Å². The van der Waals surface area contributed by atoms with Crippen molar-refractivity contribution in [2.75, 3.05) is 13.6 Å². The number of carbonyl (C=O) groups excluding carboxylic acids is 1. The predicted molar refractivity (Wildman–Crippen MR) is 87.1 cm³/mol. The number of aromatic nitrogens is 1. The number of pyridine rings is 1. The van der Waals surface area contributed by atoms with Crippen LogP contribution in [-0.2, 0) is 4.79 Å². The zero-order chi connectivity index (χ0) is 15.5. The van der Waals surface area contributed by atoms with E-state index in [-0.39, 0.29) is 5.91 Å². The van der Waals surface area contributed by atoms with E-state index in [1.807, 2.05) is 36.4 Å². The quantitative estimate of drug-likeness (QED) is 0.862. The molecule has 0 aliphatic heterocycles. The van der Waals surface area contributed by atoms with Crippen molar-refractivity contribution in [1.82, 2.24) is 9.88 Å². The summed E-state index contributed by atoms with van der Waals surface area (Å²) in [5, 5.41) is 10.9. The Morgan fingerprint density at radius 2 is 2.18 bits per heavy atom. The second kappa shape index (κ2) is 6.28. The number of carbonyl (C=O) groups is 1. The molecular formula is C18H20N2O2. The van der Waals surface area contributed by atoms with Crippen molar-refractivity contribution in [2.45, 2.75) is 18.9 Å². The van der Waals surface area contributed by atoms with Gasteiger partial charge in [-0.15, -0.1) is 0 Å². The fraction of sp³-hybridized carbons (Fsp3) is 0.333. The SMILES string of the molecule is CN(CC(O)C1CC1)C(=O)/C=C/c1ccnc2ccccc12. The molecule has 2 aromatic rings. The minimum atomic E-state index is -0.399. The molecule has 22 heavy (non-hydrogen) atoms. The number of fused-ring (bicyclic) bond motifs is 1. The average molecular weight is 296 g/mol. The third kappa shape index (κ3) is 3.34. The number of aliphatic hydroxyl groups excluding tert-OH is 1. The molecule has 4 nitrogen and oxygen atoms in total. The van der Waals surface area contributed by atoms with Gasteiger partial charge in [-0.25, -0.2) is 0 Å². The van der Waals surface area contributed by atoms with Crippen LogP contribution in [0.3, 0.4) is 0 Å². The number of nitrogens with zero attached hydrogens (tertiary/aromatic N) is 2. The number of benzene rings is 1. The van der Waals surface area contributed by atoms with Gasteiger partial charge >= 0.3 is 0 Å². The molecule has 0 saturated heterocycles. The molecule has 1 fully saturated rings. The Labute approximate surface area is 130 Å². The number of aliphatic hydroxyl groups is 1. The monoisotopic (exact) mass is 296 g/mol. The summed E-state index contributed by atoms with van der Waals surface area (Å²) >= 11 is 0. The van der Waals surface area contributed by atoms with Gasteiger partial charge in [-0.3, -0.25) is 9.78 Å². The van der Waals surface area contributed by atoms with E-state index in [9.17, 15) is 9.90 Å². The number of para-hydroxylation sites is 1. The van der Waals surface area contributed by atoms with Crippen LogP contribution in [0.4, 0.5) is 0 Å². The molecule has 1 aromatic heterocycles. The molecule has 1 amide bonds. The second-order valence-corrected chi connectivity index (χ2v) is 5.87. The fourth-order valence-electron chi connectivity index (χ4n) is 2.55. The van der Waals surface area contributed by atoms with Crippen molar-refractivity contribution < 1.29 is 9.90 Å². The van der Waals surface area contributed by atoms with E-state index in [1.54, 1.807) is 24.2 Å². The third-order valence-corrected chi connectivity index (χ3v) is 4.09. The highest BCUT2D eigenvalue weighted by atomic mass is 16.3. The van der Waals surface area contributed by atoms with Crippen molar-refractivity contribution in [3.05, 3.63) is 48.2 Å². The molecule has 4 heteroatoms. The number of hydrogen-bond donors (Lipinski definition) is 1. The zero-order valence-electron chi connectivity index (χ0n) is 12.6. The molecule has 1 N–H and O–H groups in total. The van der Waals surface area contributed by atoms with Crippen LogP contribution in [0.25, 0.3) is 17.0 Å². The maximum atomic E-state index is 12.1. The van der Waals surface area contributed by atoms with Gasteiger partial charge in [0.1, 0.15) is 0 Å². The van der Waals surface area contributed by atoms with E-state index >= 15 is 0 Å². The summed E-state index contributed by atoms with van der Waals surface area (Å²) in [6.45, 7) is 0.394. The predicted octanol–water partition coefficient (Wildman–Crippen LogP) is 2.48. The number of likely N-dealkylation sites (N-methyl/N-ethyl adjacent to an activating group) is 1. The fourth-order valence-corrected chi connectivity index (χ4v) is 2.55. The molecule has 0 radical (unpaired) electrons. The Balaban J connectivity index is 1.70. The first kappa shape index (κ1) is 14.7. The molecule has 0 spiro atoms. The van der Waals surface area contributed by atoms with E-state index in [1.165, 1.54) is 0 Å². The lowest BCUT2D eigenvalue weighted by Gasteiger charge is -2.19. The number of rotatable bonds is 5. The van der Waals surface area contributed by atoms with Crippen LogP contribution in [-0.4, -0.2) is 40.6 Å². The van der Waals surface area contributed by atoms with Gasteiger partial charge in [0, 0.05) is 31.3 Å². The van der Waals surface area contributed by atoms with Crippen LogP contribution in [0.5, 0.6) is 0 Å². The minimum Gasteiger partial charge on any atom is -0.391 e. The Morgan fingerprint density at radius 1 is 1.41 bits per heavy atom. The van der Waals surface area contributed by atoms with Gasteiger partial charge in [0.2, 0.25) is 5.91 Å². The summed E-state index contributed by atoms with van der Waals surface area (Å²) in [5.41, 5.74) is 1.88. The van der Waals surface area contributed by atoms with Crippen LogP contribution in [0.2, 0.25) is 0 Å². The molecule has 0 bridgehead atoms. The Hall–Kier alpha value is -2.20. The van der Waals surface area contributed by atoms with Crippen LogP contribution in [0.1, 0.15) is 18.4 Å². The van der Waals surface area contributed by atoms with Gasteiger partial charge in [-0.1, -0.05) is 18.2 Å². The summed E-state index contributed by atoms with van der Waals surface area (Å²) in [6.07, 6.45) is 6.86. The molecule has 1 unspecified atom stereocenters. The van der Waals surface area contributed by atoms with Crippen LogP contribution >= 0.6 is 0 Å². The maximum Gasteiger partial charge on any atom is 0.246 e. The van der Waals surface area contributed by atoms with Crippen molar-refractivity contribution in [3.63, 3.8) is 0 Å². The summed E-state index contributed by atoms with van der Waals surface area (Å²) in [4.78, 5) is 18.0. The standard InChI is InChI=1S/C18H20N2O2/c1-20(12-17(21)14-6-7-14)18(22)9-8-13-10-11-19-16-5-3-2-4-15(13)16/h2-5,8-11,14,17,21H,6-7,12H2,1H3/b9-8+. The van der Waals surface area contributed by atoms with Crippen molar-refractivity contribution >= 4 is 22.9 Å². The van der Waals surface area contributed by atoms with E-state index < -0.39 is 6.10 Å². The highest BCUT2D eigenvalue weighted by Crippen LogP contribution is 2.32. The summed E-state index contributed by atoms with van der Waals surface area (Å²) in [7, 11) is 1.73. The highest BCUT2D eigenvalue weighted by molar-refractivity contribution is 5.95. The first-order valence-electron chi connectivity index (χ1n) is 7.60. The number of amides is 1. The lowest BCUT2D eigenvalue weighted by molar-refractivity contribution is -0.126. The smallest absolute Gasteiger partial charge is 0.246 e. The van der Waals surface area contributed by atoms with E-state index in [4.69, 9.17) is 0 Å². The zero-order valence-corrected chi connectivity index (χ0v) is 12.6. The lowest BCUT2D eigenvalue weighted by Crippen LogP contribution is -2.34. The van der Waals surface area contributed by atoms with Crippen molar-refractivity contribution in [3.8, 4) is 0 Å². The largest absolute Gasteiger partial charge is 0.391 e. The molecule has 3 rings (SSSR count). The van der Waals surface area contributed by atoms with Crippen LogP contribution < -0.4 is 0 Å². The topological polar surface area (TPSA) is 53.4 Å². The van der Waals surface area contributed by atoms with E-state index in [0.29, 0.717) is 12.5 Å². The Morgan fingerprint density at radius 3 is 2.95 bits per heavy atom. The maximum absolute atomic E-state index is 12.1. The minimum absolute atomic E-state index is 0.0967. The first-order valence-corrected chi connectivity index (χ1v) is 7.60. The summed E-state index contributed by atoms with van der Waals surface area (Å²) in [5.74, 6) is 0.281. The summed E-state index contributed by atoms with van der Waals surface area (Å²) in [6, 6.07) is 9.74. The second-order valence-electron chi connectivity index (χ2n) is 5.87. The third-order valence-electron chi connectivity index (χ3n) is 4.09. The van der Waals surface area contributed by atoms with E-state index in [0.717, 1.165) is 29.3 Å². The Bertz CT molecular complexity index is 702. The van der Waals surface area contributed by atoms with Gasteiger partial charge in [-0.05, 0) is 42.5 Å². The van der Waals surface area contributed by atoms with Crippen molar-refractivity contribution in [1.29, 1.82) is 0 Å². The van der Waals surface area contributed by atoms with Gasteiger partial charge in [0.25, 0.3) is 0 Å². The van der Waals surface area contributed by atoms with Crippen molar-refractivity contribution in [2.24, 2.45) is 5.92 Å². The Kier molecular flexibility index (Phi) is 4.20. The van der Waals surface area contributed by atoms with E-state index in [2.05, 4.69) is 4.98 Å². The average Bonchev–Trinajstić information content (AvgIpc) is 3.37. The first-order chi connectivity index (χ1) is 10.6. The molecule has 1 aliphatic carbocycles. The molecule has 1 heterocycles. The molecule has 114 valence electrons.